The molecular weight excluding hydrogens is 275 g/mol. The lowest BCUT2D eigenvalue weighted by Gasteiger charge is -2.14. The van der Waals surface area contributed by atoms with Gasteiger partial charge in [0.2, 0.25) is 5.91 Å². The van der Waals surface area contributed by atoms with Crippen LogP contribution in [0.4, 0.5) is 10.1 Å². The van der Waals surface area contributed by atoms with Gasteiger partial charge in [0.25, 0.3) is 0 Å². The molecule has 0 aliphatic rings. The highest BCUT2D eigenvalue weighted by molar-refractivity contribution is 5.96. The Labute approximate surface area is 121 Å². The highest BCUT2D eigenvalue weighted by Crippen LogP contribution is 2.19. The molecule has 1 aromatic carbocycles. The number of amides is 1. The molecule has 5 nitrogen and oxygen atoms in total. The van der Waals surface area contributed by atoms with Crippen LogP contribution in [0.15, 0.2) is 42.7 Å². The van der Waals surface area contributed by atoms with Crippen LogP contribution in [-0.2, 0) is 9.53 Å². The average Bonchev–Trinajstić information content (AvgIpc) is 3.02. The van der Waals surface area contributed by atoms with E-state index in [9.17, 15) is 14.0 Å². The third-order valence-electron chi connectivity index (χ3n) is 3.10. The number of aromatic nitrogens is 1. The molecule has 1 aromatic heterocycles. The number of nitrogens with one attached hydrogen (secondary N) is 1. The number of ether oxygens (including phenoxy) is 1. The van der Waals surface area contributed by atoms with Gasteiger partial charge in [-0.1, -0.05) is 0 Å². The van der Waals surface area contributed by atoms with Gasteiger partial charge in [0, 0.05) is 12.4 Å². The molecule has 6 heteroatoms. The summed E-state index contributed by atoms with van der Waals surface area (Å²) in [6.45, 7) is 1.69. The number of nitrogens with zero attached hydrogens (tertiary/aromatic N) is 1. The van der Waals surface area contributed by atoms with Gasteiger partial charge < -0.3 is 14.6 Å². The van der Waals surface area contributed by atoms with Gasteiger partial charge >= 0.3 is 5.97 Å². The minimum atomic E-state index is -0.615. The van der Waals surface area contributed by atoms with Crippen LogP contribution in [0.3, 0.4) is 0 Å². The SMILES string of the molecule is COC(=O)c1ccc(F)c(NC(=O)[C@@H](C)n2cccc2)c1. The van der Waals surface area contributed by atoms with Crippen LogP contribution in [0.1, 0.15) is 23.3 Å². The van der Waals surface area contributed by atoms with E-state index in [1.807, 2.05) is 0 Å². The quantitative estimate of drug-likeness (QED) is 0.880. The van der Waals surface area contributed by atoms with Crippen molar-refractivity contribution in [1.82, 2.24) is 4.57 Å². The summed E-state index contributed by atoms with van der Waals surface area (Å²) in [6.07, 6.45) is 3.48. The summed E-state index contributed by atoms with van der Waals surface area (Å²) in [5, 5.41) is 2.48. The Kier molecular flexibility index (Phi) is 4.37. The Hall–Kier alpha value is -2.63. The molecule has 1 heterocycles. The zero-order valence-electron chi connectivity index (χ0n) is 11.7. The summed E-state index contributed by atoms with van der Waals surface area (Å²) in [5.74, 6) is -1.59. The van der Waals surface area contributed by atoms with Gasteiger partial charge in [0.05, 0.1) is 18.4 Å². The summed E-state index contributed by atoms with van der Waals surface area (Å²) in [5.41, 5.74) is 0.115. The molecule has 0 aliphatic heterocycles. The molecule has 110 valence electrons. The number of esters is 1. The molecule has 2 rings (SSSR count). The maximum atomic E-state index is 13.7. The van der Waals surface area contributed by atoms with E-state index in [0.29, 0.717) is 0 Å². The van der Waals surface area contributed by atoms with E-state index in [1.165, 1.54) is 19.2 Å². The van der Waals surface area contributed by atoms with Crippen molar-refractivity contribution in [1.29, 1.82) is 0 Å². The Morgan fingerprint density at radius 1 is 1.29 bits per heavy atom. The minimum absolute atomic E-state index is 0.0538. The molecule has 0 fully saturated rings. The maximum Gasteiger partial charge on any atom is 0.337 e. The number of hydrogen-bond donors (Lipinski definition) is 1. The molecule has 1 N–H and O–H groups in total. The predicted molar refractivity (Wildman–Crippen MR) is 75.5 cm³/mol. The minimum Gasteiger partial charge on any atom is -0.465 e. The van der Waals surface area contributed by atoms with Gasteiger partial charge in [0.15, 0.2) is 0 Å². The maximum absolute atomic E-state index is 13.7. The molecule has 0 spiro atoms. The average molecular weight is 290 g/mol. The standard InChI is InChI=1S/C15H15FN2O3/c1-10(18-7-3-4-8-18)14(19)17-13-9-11(15(20)21-2)5-6-12(13)16/h3-10H,1-2H3,(H,17,19)/t10-/m1/s1. The Morgan fingerprint density at radius 2 is 1.95 bits per heavy atom. The molecule has 2 aromatic rings. The molecule has 0 bridgehead atoms. The highest BCUT2D eigenvalue weighted by Gasteiger charge is 2.17. The molecule has 0 saturated carbocycles. The smallest absolute Gasteiger partial charge is 0.337 e. The van der Waals surface area contributed by atoms with E-state index in [4.69, 9.17) is 0 Å². The molecule has 21 heavy (non-hydrogen) atoms. The van der Waals surface area contributed by atoms with Gasteiger partial charge in [-0.25, -0.2) is 9.18 Å². The van der Waals surface area contributed by atoms with Gasteiger partial charge in [0.1, 0.15) is 11.9 Å². The van der Waals surface area contributed by atoms with Crippen LogP contribution < -0.4 is 5.32 Å². The number of hydrogen-bond acceptors (Lipinski definition) is 3. The monoisotopic (exact) mass is 290 g/mol. The molecule has 0 radical (unpaired) electrons. The van der Waals surface area contributed by atoms with Crippen LogP contribution in [0.5, 0.6) is 0 Å². The Bertz CT molecular complexity index is 653. The van der Waals surface area contributed by atoms with Gasteiger partial charge in [-0.3, -0.25) is 4.79 Å². The van der Waals surface area contributed by atoms with Gasteiger partial charge in [-0.05, 0) is 37.3 Å². The van der Waals surface area contributed by atoms with E-state index >= 15 is 0 Å². The van der Waals surface area contributed by atoms with Crippen molar-refractivity contribution >= 4 is 17.6 Å². The number of carbonyl (C=O) groups is 2. The molecule has 0 unspecified atom stereocenters. The second-order valence-corrected chi connectivity index (χ2v) is 4.48. The lowest BCUT2D eigenvalue weighted by molar-refractivity contribution is -0.118. The topological polar surface area (TPSA) is 60.3 Å². The first kappa shape index (κ1) is 14.8. The normalized spacial score (nSPS) is 11.8. The van der Waals surface area contributed by atoms with Crippen molar-refractivity contribution in [2.24, 2.45) is 0 Å². The van der Waals surface area contributed by atoms with E-state index in [1.54, 1.807) is 36.0 Å². The van der Waals surface area contributed by atoms with Crippen molar-refractivity contribution in [3.05, 3.63) is 54.1 Å². The Balaban J connectivity index is 2.19. The zero-order chi connectivity index (χ0) is 15.4. The third-order valence-corrected chi connectivity index (χ3v) is 3.10. The van der Waals surface area contributed by atoms with E-state index < -0.39 is 17.8 Å². The second-order valence-electron chi connectivity index (χ2n) is 4.48. The second kappa shape index (κ2) is 6.21. The first-order chi connectivity index (χ1) is 10.0. The van der Waals surface area contributed by atoms with Gasteiger partial charge in [-0.2, -0.15) is 0 Å². The third kappa shape index (κ3) is 3.28. The van der Waals surface area contributed by atoms with Crippen LogP contribution in [0.25, 0.3) is 0 Å². The van der Waals surface area contributed by atoms with Crippen molar-refractivity contribution in [3.63, 3.8) is 0 Å². The van der Waals surface area contributed by atoms with Crippen LogP contribution in [0, 0.1) is 5.82 Å². The molecule has 0 saturated heterocycles. The highest BCUT2D eigenvalue weighted by atomic mass is 19.1. The van der Waals surface area contributed by atoms with E-state index in [0.717, 1.165) is 6.07 Å². The fourth-order valence-corrected chi connectivity index (χ4v) is 1.84. The number of benzene rings is 1. The summed E-state index contributed by atoms with van der Waals surface area (Å²) >= 11 is 0. The van der Waals surface area contributed by atoms with Crippen LogP contribution in [-0.4, -0.2) is 23.6 Å². The van der Waals surface area contributed by atoms with Crippen molar-refractivity contribution < 1.29 is 18.7 Å². The van der Waals surface area contributed by atoms with Crippen LogP contribution >= 0.6 is 0 Å². The van der Waals surface area contributed by atoms with Crippen molar-refractivity contribution in [2.75, 3.05) is 12.4 Å². The number of anilines is 1. The molecule has 0 aliphatic carbocycles. The fourth-order valence-electron chi connectivity index (χ4n) is 1.84. The predicted octanol–water partition coefficient (Wildman–Crippen LogP) is 2.61. The molecule has 1 amide bonds. The lowest BCUT2D eigenvalue weighted by atomic mass is 10.2. The zero-order valence-corrected chi connectivity index (χ0v) is 11.7. The first-order valence-corrected chi connectivity index (χ1v) is 6.34. The summed E-state index contributed by atoms with van der Waals surface area (Å²) < 4.78 is 20.0. The fraction of sp³-hybridized carbons (Fsp3) is 0.200. The van der Waals surface area contributed by atoms with Crippen LogP contribution in [0.2, 0.25) is 0 Å². The first-order valence-electron chi connectivity index (χ1n) is 6.34. The Morgan fingerprint density at radius 3 is 2.57 bits per heavy atom. The largest absolute Gasteiger partial charge is 0.465 e. The summed E-state index contributed by atoms with van der Waals surface area (Å²) in [4.78, 5) is 23.5. The van der Waals surface area contributed by atoms with E-state index in [2.05, 4.69) is 10.1 Å². The van der Waals surface area contributed by atoms with Crippen molar-refractivity contribution in [3.8, 4) is 0 Å². The lowest BCUT2D eigenvalue weighted by Crippen LogP contribution is -2.23. The summed E-state index contributed by atoms with van der Waals surface area (Å²) in [6, 6.07) is 6.75. The number of methoxy groups -OCH3 is 1. The van der Waals surface area contributed by atoms with E-state index in [-0.39, 0.29) is 17.2 Å². The number of rotatable bonds is 4. The summed E-state index contributed by atoms with van der Waals surface area (Å²) in [7, 11) is 1.23. The molecule has 1 atom stereocenters. The number of halogens is 1. The van der Waals surface area contributed by atoms with Gasteiger partial charge in [-0.15, -0.1) is 0 Å². The van der Waals surface area contributed by atoms with Crippen molar-refractivity contribution in [2.45, 2.75) is 13.0 Å². The molecular formula is C15H15FN2O3. The number of carbonyl (C=O) groups excluding carboxylic acids is 2.